The number of imidazole rings is 1. The van der Waals surface area contributed by atoms with E-state index in [0.29, 0.717) is 12.1 Å². The molecule has 0 saturated heterocycles. The van der Waals surface area contributed by atoms with E-state index in [1.54, 1.807) is 6.07 Å². The van der Waals surface area contributed by atoms with E-state index in [9.17, 15) is 4.39 Å². The first-order chi connectivity index (χ1) is 9.60. The summed E-state index contributed by atoms with van der Waals surface area (Å²) < 4.78 is 17.1. The van der Waals surface area contributed by atoms with Crippen LogP contribution in [0.5, 0.6) is 0 Å². The van der Waals surface area contributed by atoms with Gasteiger partial charge in [0.15, 0.2) is 0 Å². The van der Waals surface area contributed by atoms with Gasteiger partial charge in [-0.3, -0.25) is 4.68 Å². The summed E-state index contributed by atoms with van der Waals surface area (Å²) in [6.45, 7) is 2.64. The topological polar surface area (TPSA) is 35.6 Å². The number of aromatic nitrogens is 4. The van der Waals surface area contributed by atoms with Crippen molar-refractivity contribution in [3.63, 3.8) is 0 Å². The van der Waals surface area contributed by atoms with Crippen molar-refractivity contribution in [1.82, 2.24) is 19.3 Å². The Morgan fingerprint density at radius 1 is 1.35 bits per heavy atom. The van der Waals surface area contributed by atoms with Crippen molar-refractivity contribution in [2.45, 2.75) is 19.3 Å². The van der Waals surface area contributed by atoms with Gasteiger partial charge in [-0.15, -0.1) is 11.6 Å². The molecule has 104 valence electrons. The van der Waals surface area contributed by atoms with Crippen LogP contribution in [0, 0.1) is 12.7 Å². The number of nitrogens with zero attached hydrogens (tertiary/aromatic N) is 4. The summed E-state index contributed by atoms with van der Waals surface area (Å²) in [6, 6.07) is 4.60. The van der Waals surface area contributed by atoms with Crippen LogP contribution in [0.4, 0.5) is 4.39 Å². The average molecular weight is 293 g/mol. The normalized spacial score (nSPS) is 11.4. The number of aryl methyl sites for hydroxylation is 1. The second-order valence-corrected chi connectivity index (χ2v) is 5.03. The minimum Gasteiger partial charge on any atom is -0.322 e. The van der Waals surface area contributed by atoms with Gasteiger partial charge in [-0.25, -0.2) is 9.37 Å². The van der Waals surface area contributed by atoms with Crippen LogP contribution in [0.2, 0.25) is 0 Å². The number of benzene rings is 1. The third-order valence-corrected chi connectivity index (χ3v) is 3.81. The van der Waals surface area contributed by atoms with Gasteiger partial charge in [0.2, 0.25) is 0 Å². The molecule has 0 unspecified atom stereocenters. The zero-order chi connectivity index (χ0) is 14.3. The molecule has 6 heteroatoms. The van der Waals surface area contributed by atoms with Crippen LogP contribution in [-0.4, -0.2) is 19.3 Å². The molecule has 0 N–H and O–H groups in total. The van der Waals surface area contributed by atoms with Crippen LogP contribution in [-0.2, 0) is 19.5 Å². The van der Waals surface area contributed by atoms with Crippen LogP contribution < -0.4 is 0 Å². The van der Waals surface area contributed by atoms with Crippen molar-refractivity contribution in [2.75, 3.05) is 0 Å². The molecule has 0 atom stereocenters. The lowest BCUT2D eigenvalue weighted by Crippen LogP contribution is -2.05. The Hall–Kier alpha value is -1.88. The molecular weight excluding hydrogens is 279 g/mol. The van der Waals surface area contributed by atoms with E-state index in [-0.39, 0.29) is 11.7 Å². The maximum atomic E-state index is 13.3. The summed E-state index contributed by atoms with van der Waals surface area (Å²) in [5, 5.41) is 4.24. The van der Waals surface area contributed by atoms with E-state index in [0.717, 1.165) is 22.6 Å². The number of rotatable bonds is 3. The first-order valence-electron chi connectivity index (χ1n) is 6.28. The van der Waals surface area contributed by atoms with Crippen LogP contribution >= 0.6 is 11.6 Å². The average Bonchev–Trinajstić information content (AvgIpc) is 2.93. The smallest absolute Gasteiger partial charge is 0.125 e. The molecule has 2 heterocycles. The lowest BCUT2D eigenvalue weighted by atomic mass is 10.2. The molecule has 4 nitrogen and oxygen atoms in total. The van der Waals surface area contributed by atoms with Crippen molar-refractivity contribution in [3.05, 3.63) is 47.3 Å². The van der Waals surface area contributed by atoms with E-state index >= 15 is 0 Å². The lowest BCUT2D eigenvalue weighted by Gasteiger charge is -2.07. The fraction of sp³-hybridized carbons (Fsp3) is 0.286. The zero-order valence-corrected chi connectivity index (χ0v) is 12.0. The Kier molecular flexibility index (Phi) is 3.22. The summed E-state index contributed by atoms with van der Waals surface area (Å²) in [5.41, 5.74) is 3.70. The van der Waals surface area contributed by atoms with Gasteiger partial charge in [0.25, 0.3) is 0 Å². The maximum Gasteiger partial charge on any atom is 0.125 e. The Labute approximate surface area is 120 Å². The van der Waals surface area contributed by atoms with Crippen molar-refractivity contribution in [1.29, 1.82) is 0 Å². The maximum absolute atomic E-state index is 13.3. The molecule has 3 aromatic rings. The highest BCUT2D eigenvalue weighted by Crippen LogP contribution is 2.21. The van der Waals surface area contributed by atoms with Gasteiger partial charge in [0.1, 0.15) is 11.6 Å². The molecule has 20 heavy (non-hydrogen) atoms. The van der Waals surface area contributed by atoms with E-state index in [4.69, 9.17) is 11.6 Å². The first kappa shape index (κ1) is 13.1. The van der Waals surface area contributed by atoms with Crippen LogP contribution in [0.15, 0.2) is 24.4 Å². The molecule has 2 aromatic heterocycles. The SMILES string of the molecule is Cc1c(Cn2c(CCl)nc3cc(F)ccc32)cnn1C. The van der Waals surface area contributed by atoms with Crippen molar-refractivity contribution in [3.8, 4) is 0 Å². The van der Waals surface area contributed by atoms with Gasteiger partial charge in [-0.2, -0.15) is 5.10 Å². The van der Waals surface area contributed by atoms with Crippen LogP contribution in [0.25, 0.3) is 11.0 Å². The standard InChI is InChI=1S/C14H14ClFN4/c1-9-10(7-17-19(9)2)8-20-13-4-3-11(16)5-12(13)18-14(20)6-15/h3-5,7H,6,8H2,1-2H3. The largest absolute Gasteiger partial charge is 0.322 e. The monoisotopic (exact) mass is 292 g/mol. The molecule has 0 aliphatic rings. The van der Waals surface area contributed by atoms with Crippen LogP contribution in [0.3, 0.4) is 0 Å². The minimum absolute atomic E-state index is 0.287. The molecule has 1 aromatic carbocycles. The molecule has 0 saturated carbocycles. The van der Waals surface area contributed by atoms with E-state index in [2.05, 4.69) is 10.1 Å². The Balaban J connectivity index is 2.12. The van der Waals surface area contributed by atoms with Gasteiger partial charge < -0.3 is 4.57 Å². The second kappa shape index (κ2) is 4.90. The molecule has 0 spiro atoms. The molecule has 3 rings (SSSR count). The molecular formula is C14H14ClFN4. The van der Waals surface area contributed by atoms with Crippen LogP contribution in [0.1, 0.15) is 17.1 Å². The van der Waals surface area contributed by atoms with Gasteiger partial charge in [-0.1, -0.05) is 0 Å². The number of halogens is 2. The van der Waals surface area contributed by atoms with Crippen molar-refractivity contribution >= 4 is 22.6 Å². The highest BCUT2D eigenvalue weighted by molar-refractivity contribution is 6.16. The highest BCUT2D eigenvalue weighted by Gasteiger charge is 2.13. The molecule has 0 amide bonds. The molecule has 0 radical (unpaired) electrons. The van der Waals surface area contributed by atoms with Crippen molar-refractivity contribution < 1.29 is 4.39 Å². The van der Waals surface area contributed by atoms with Gasteiger partial charge >= 0.3 is 0 Å². The Bertz CT molecular complexity index is 775. The van der Waals surface area contributed by atoms with E-state index in [1.807, 2.05) is 29.4 Å². The number of alkyl halides is 1. The lowest BCUT2D eigenvalue weighted by molar-refractivity contribution is 0.629. The van der Waals surface area contributed by atoms with E-state index in [1.165, 1.54) is 12.1 Å². The quantitative estimate of drug-likeness (QED) is 0.696. The summed E-state index contributed by atoms with van der Waals surface area (Å²) in [7, 11) is 1.91. The summed E-state index contributed by atoms with van der Waals surface area (Å²) >= 11 is 5.96. The number of hydrogen-bond donors (Lipinski definition) is 0. The molecule has 0 aliphatic heterocycles. The molecule has 0 fully saturated rings. The first-order valence-corrected chi connectivity index (χ1v) is 6.81. The van der Waals surface area contributed by atoms with E-state index < -0.39 is 0 Å². The van der Waals surface area contributed by atoms with Gasteiger partial charge in [-0.05, 0) is 19.1 Å². The predicted molar refractivity (Wildman–Crippen MR) is 76.3 cm³/mol. The summed E-state index contributed by atoms with van der Waals surface area (Å²) in [6.07, 6.45) is 1.84. The minimum atomic E-state index is -0.291. The summed E-state index contributed by atoms with van der Waals surface area (Å²) in [4.78, 5) is 4.39. The predicted octanol–water partition coefficient (Wildman–Crippen LogP) is 3.00. The highest BCUT2D eigenvalue weighted by atomic mass is 35.5. The molecule has 0 bridgehead atoms. The Morgan fingerprint density at radius 3 is 2.80 bits per heavy atom. The zero-order valence-electron chi connectivity index (χ0n) is 11.3. The fourth-order valence-electron chi connectivity index (χ4n) is 2.30. The van der Waals surface area contributed by atoms with Crippen molar-refractivity contribution in [2.24, 2.45) is 7.05 Å². The third kappa shape index (κ3) is 2.08. The molecule has 0 aliphatic carbocycles. The fourth-order valence-corrected chi connectivity index (χ4v) is 2.51. The summed E-state index contributed by atoms with van der Waals surface area (Å²) in [5.74, 6) is 0.728. The number of fused-ring (bicyclic) bond motifs is 1. The Morgan fingerprint density at radius 2 is 2.15 bits per heavy atom. The van der Waals surface area contributed by atoms with Gasteiger partial charge in [0.05, 0.1) is 29.7 Å². The van der Waals surface area contributed by atoms with Gasteiger partial charge in [0, 0.05) is 24.4 Å². The third-order valence-electron chi connectivity index (χ3n) is 3.57. The number of hydrogen-bond acceptors (Lipinski definition) is 2. The second-order valence-electron chi connectivity index (χ2n) is 4.76.